The summed E-state index contributed by atoms with van der Waals surface area (Å²) in [5, 5.41) is 6.29. The summed E-state index contributed by atoms with van der Waals surface area (Å²) in [5.41, 5.74) is 6.55. The van der Waals surface area contributed by atoms with Gasteiger partial charge in [-0.25, -0.2) is 9.67 Å². The summed E-state index contributed by atoms with van der Waals surface area (Å²) >= 11 is 0. The maximum absolute atomic E-state index is 6.09. The molecule has 1 saturated carbocycles. The van der Waals surface area contributed by atoms with E-state index in [9.17, 15) is 0 Å². The average molecular weight is 436 g/mol. The third kappa shape index (κ3) is 4.36. The van der Waals surface area contributed by atoms with Gasteiger partial charge in [-0.15, -0.1) is 0 Å². The molecule has 0 radical (unpaired) electrons. The van der Waals surface area contributed by atoms with E-state index in [1.165, 1.54) is 30.3 Å². The topological polar surface area (TPSA) is 39.4 Å². The fourth-order valence-corrected chi connectivity index (χ4v) is 4.76. The predicted molar refractivity (Wildman–Crippen MR) is 133 cm³/mol. The Labute approximate surface area is 194 Å². The summed E-state index contributed by atoms with van der Waals surface area (Å²) in [7, 11) is 0. The molecular formula is C29H29N3O. The summed E-state index contributed by atoms with van der Waals surface area (Å²) in [6.07, 6.45) is 7.11. The predicted octanol–water partition coefficient (Wildman–Crippen LogP) is 6.86. The number of hydrogen-bond acceptors (Lipinski definition) is 3. The van der Waals surface area contributed by atoms with Crippen LogP contribution in [0.15, 0.2) is 83.9 Å². The zero-order valence-corrected chi connectivity index (χ0v) is 18.9. The van der Waals surface area contributed by atoms with Gasteiger partial charge in [0.2, 0.25) is 0 Å². The van der Waals surface area contributed by atoms with Gasteiger partial charge in [-0.2, -0.15) is 5.10 Å². The molecule has 1 aromatic heterocycles. The van der Waals surface area contributed by atoms with E-state index < -0.39 is 0 Å². The lowest BCUT2D eigenvalue weighted by Crippen LogP contribution is -2.19. The minimum absolute atomic E-state index is 0.0488. The van der Waals surface area contributed by atoms with E-state index in [2.05, 4.69) is 71.4 Å². The van der Waals surface area contributed by atoms with Crippen LogP contribution in [-0.2, 0) is 11.2 Å². The van der Waals surface area contributed by atoms with Crippen molar-refractivity contribution in [2.75, 3.05) is 6.61 Å². The van der Waals surface area contributed by atoms with Crippen LogP contribution < -0.4 is 0 Å². The van der Waals surface area contributed by atoms with Crippen molar-refractivity contribution in [3.05, 3.63) is 95.7 Å². The van der Waals surface area contributed by atoms with Crippen molar-refractivity contribution in [2.24, 2.45) is 10.9 Å². The quantitative estimate of drug-likeness (QED) is 0.310. The number of aromatic nitrogens is 2. The number of benzene rings is 3. The highest BCUT2D eigenvalue weighted by Crippen LogP contribution is 2.37. The van der Waals surface area contributed by atoms with Crippen LogP contribution in [0.3, 0.4) is 0 Å². The van der Waals surface area contributed by atoms with Crippen molar-refractivity contribution in [2.45, 2.75) is 44.8 Å². The van der Waals surface area contributed by atoms with E-state index in [1.807, 2.05) is 12.1 Å². The minimum Gasteiger partial charge on any atom is -0.356 e. The first kappa shape index (κ1) is 20.4. The van der Waals surface area contributed by atoms with Gasteiger partial charge in [0.05, 0.1) is 22.6 Å². The molecule has 2 fully saturated rings. The third-order valence-electron chi connectivity index (χ3n) is 6.71. The Hall–Kier alpha value is -3.24. The summed E-state index contributed by atoms with van der Waals surface area (Å²) in [4.78, 5) is 5.16. The van der Waals surface area contributed by atoms with Gasteiger partial charge < -0.3 is 4.74 Å². The molecule has 4 nitrogen and oxygen atoms in total. The average Bonchev–Trinajstić information content (AvgIpc) is 3.64. The van der Waals surface area contributed by atoms with Crippen LogP contribution >= 0.6 is 0 Å². The zero-order valence-electron chi connectivity index (χ0n) is 18.9. The largest absolute Gasteiger partial charge is 0.356 e. The van der Waals surface area contributed by atoms with Crippen molar-refractivity contribution in [3.63, 3.8) is 0 Å². The highest BCUT2D eigenvalue weighted by atomic mass is 16.5. The van der Waals surface area contributed by atoms with Crippen LogP contribution in [0.25, 0.3) is 10.9 Å². The molecule has 1 aliphatic heterocycles. The van der Waals surface area contributed by atoms with E-state index in [-0.39, 0.29) is 6.23 Å². The van der Waals surface area contributed by atoms with Gasteiger partial charge in [0, 0.05) is 23.1 Å². The molecule has 4 heteroatoms. The molecule has 1 unspecified atom stereocenters. The van der Waals surface area contributed by atoms with Crippen molar-refractivity contribution >= 4 is 22.3 Å². The summed E-state index contributed by atoms with van der Waals surface area (Å²) in [5.74, 6) is 0.778. The first-order valence-corrected chi connectivity index (χ1v) is 12.2. The second-order valence-electron chi connectivity index (χ2n) is 9.25. The fourth-order valence-electron chi connectivity index (χ4n) is 4.76. The number of hydrogen-bond donors (Lipinski definition) is 0. The second-order valence-corrected chi connectivity index (χ2v) is 9.25. The maximum atomic E-state index is 6.09. The molecule has 33 heavy (non-hydrogen) atoms. The van der Waals surface area contributed by atoms with Crippen molar-refractivity contribution in [1.82, 2.24) is 9.78 Å². The molecule has 1 saturated heterocycles. The molecular weight excluding hydrogens is 406 g/mol. The molecule has 0 amide bonds. The molecule has 1 aliphatic carbocycles. The SMILES string of the molecule is c1ccc(C(=Nc2ccc3c(c2)c(CC2CC2)nn3C2CCCCO2)c2ccccc2)cc1. The Kier molecular flexibility index (Phi) is 5.53. The molecule has 0 N–H and O–H groups in total. The Morgan fingerprint density at radius 2 is 1.61 bits per heavy atom. The lowest BCUT2D eigenvalue weighted by molar-refractivity contribution is -0.0369. The first-order valence-electron chi connectivity index (χ1n) is 12.2. The van der Waals surface area contributed by atoms with Crippen molar-refractivity contribution in [3.8, 4) is 0 Å². The Morgan fingerprint density at radius 1 is 0.879 bits per heavy atom. The number of fused-ring (bicyclic) bond motifs is 1. The number of nitrogens with zero attached hydrogens (tertiary/aromatic N) is 3. The van der Waals surface area contributed by atoms with E-state index in [0.717, 1.165) is 59.8 Å². The van der Waals surface area contributed by atoms with Crippen LogP contribution in [0.1, 0.15) is 55.2 Å². The van der Waals surface area contributed by atoms with Gasteiger partial charge in [0.1, 0.15) is 0 Å². The van der Waals surface area contributed by atoms with Gasteiger partial charge in [-0.1, -0.05) is 60.7 Å². The van der Waals surface area contributed by atoms with Crippen LogP contribution in [0.5, 0.6) is 0 Å². The Balaban J connectivity index is 1.45. The zero-order chi connectivity index (χ0) is 22.0. The molecule has 0 spiro atoms. The van der Waals surface area contributed by atoms with Gasteiger partial charge in [-0.05, 0) is 62.6 Å². The molecule has 2 heterocycles. The first-order chi connectivity index (χ1) is 16.3. The molecule has 3 aromatic carbocycles. The number of rotatable bonds is 6. The van der Waals surface area contributed by atoms with Gasteiger partial charge >= 0.3 is 0 Å². The lowest BCUT2D eigenvalue weighted by atomic mass is 10.0. The molecule has 4 aromatic rings. The van der Waals surface area contributed by atoms with E-state index >= 15 is 0 Å². The van der Waals surface area contributed by atoms with Gasteiger partial charge in [-0.3, -0.25) is 0 Å². The molecule has 1 atom stereocenters. The van der Waals surface area contributed by atoms with Crippen LogP contribution in [0.2, 0.25) is 0 Å². The summed E-state index contributed by atoms with van der Waals surface area (Å²) < 4.78 is 8.22. The summed E-state index contributed by atoms with van der Waals surface area (Å²) in [6.45, 7) is 0.823. The summed E-state index contributed by atoms with van der Waals surface area (Å²) in [6, 6.07) is 27.4. The smallest absolute Gasteiger partial charge is 0.150 e. The van der Waals surface area contributed by atoms with Crippen molar-refractivity contribution in [1.29, 1.82) is 0 Å². The van der Waals surface area contributed by atoms with Crippen LogP contribution in [0.4, 0.5) is 5.69 Å². The number of ether oxygens (including phenoxy) is 1. The standard InChI is InChI=1S/C29H29N3O/c1-3-9-22(10-4-1)29(23-11-5-2-6-12-23)30-24-16-17-27-25(20-24)26(19-21-14-15-21)31-32(27)28-13-7-8-18-33-28/h1-6,9-12,16-17,20-21,28H,7-8,13-15,18-19H2. The van der Waals surface area contributed by atoms with Crippen molar-refractivity contribution < 1.29 is 4.74 Å². The van der Waals surface area contributed by atoms with E-state index in [4.69, 9.17) is 14.8 Å². The second kappa shape index (κ2) is 8.95. The molecule has 0 bridgehead atoms. The highest BCUT2D eigenvalue weighted by Gasteiger charge is 2.26. The van der Waals surface area contributed by atoms with Gasteiger partial charge in [0.25, 0.3) is 0 Å². The van der Waals surface area contributed by atoms with Crippen LogP contribution in [0, 0.1) is 5.92 Å². The monoisotopic (exact) mass is 435 g/mol. The Bertz CT molecular complexity index is 1220. The van der Waals surface area contributed by atoms with E-state index in [1.54, 1.807) is 0 Å². The van der Waals surface area contributed by atoms with E-state index in [0.29, 0.717) is 0 Å². The van der Waals surface area contributed by atoms with Crippen LogP contribution in [-0.4, -0.2) is 22.1 Å². The normalized spacial score (nSPS) is 18.4. The highest BCUT2D eigenvalue weighted by molar-refractivity contribution is 6.14. The third-order valence-corrected chi connectivity index (χ3v) is 6.71. The molecule has 166 valence electrons. The Morgan fingerprint density at radius 3 is 2.24 bits per heavy atom. The maximum Gasteiger partial charge on any atom is 0.150 e. The number of aliphatic imine (C=N–C) groups is 1. The fraction of sp³-hybridized carbons (Fsp3) is 0.310. The lowest BCUT2D eigenvalue weighted by Gasteiger charge is -2.23. The molecule has 2 aliphatic rings. The minimum atomic E-state index is 0.0488. The van der Waals surface area contributed by atoms with Gasteiger partial charge in [0.15, 0.2) is 6.23 Å². The molecule has 6 rings (SSSR count).